The van der Waals surface area contributed by atoms with Crippen molar-refractivity contribution in [1.82, 2.24) is 20.5 Å². The first-order valence-electron chi connectivity index (χ1n) is 11.4. The summed E-state index contributed by atoms with van der Waals surface area (Å²) in [5.74, 6) is 7.38. The fourth-order valence-electron chi connectivity index (χ4n) is 4.67. The summed E-state index contributed by atoms with van der Waals surface area (Å²) >= 11 is 0. The molecule has 3 amide bonds. The Balaban J connectivity index is 1.37. The zero-order chi connectivity index (χ0) is 23.7. The van der Waals surface area contributed by atoms with E-state index in [0.717, 1.165) is 24.5 Å². The maximum Gasteiger partial charge on any atom is 0.318 e. The zero-order valence-corrected chi connectivity index (χ0v) is 19.0. The molecule has 0 aliphatic carbocycles. The lowest BCUT2D eigenvalue weighted by Gasteiger charge is -2.30. The Hall–Kier alpha value is -3.77. The van der Waals surface area contributed by atoms with E-state index in [4.69, 9.17) is 4.74 Å². The molecule has 3 aliphatic heterocycles. The van der Waals surface area contributed by atoms with Crippen LogP contribution in [0.2, 0.25) is 0 Å². The van der Waals surface area contributed by atoms with Gasteiger partial charge in [0.15, 0.2) is 11.8 Å². The number of benzene rings is 1. The minimum absolute atomic E-state index is 0.0228. The van der Waals surface area contributed by atoms with Crippen LogP contribution in [-0.2, 0) is 6.54 Å². The summed E-state index contributed by atoms with van der Waals surface area (Å²) in [5, 5.41) is 15.8. The average molecular weight is 462 g/mol. The van der Waals surface area contributed by atoms with Gasteiger partial charge in [0.05, 0.1) is 13.7 Å². The van der Waals surface area contributed by atoms with Crippen LogP contribution in [0, 0.1) is 11.8 Å². The van der Waals surface area contributed by atoms with Gasteiger partial charge in [0, 0.05) is 37.0 Å². The quantitative estimate of drug-likeness (QED) is 0.595. The first-order valence-corrected chi connectivity index (χ1v) is 11.4. The van der Waals surface area contributed by atoms with Crippen LogP contribution in [0.4, 0.5) is 10.6 Å². The van der Waals surface area contributed by atoms with Crippen LogP contribution < -0.4 is 20.3 Å². The number of methoxy groups -OCH3 is 1. The number of nitrogens with zero attached hydrogens (tertiary/aromatic N) is 3. The number of aliphatic hydroxyl groups excluding tert-OH is 1. The molecule has 0 saturated carbocycles. The number of nitrogens with one attached hydrogen (secondary N) is 2. The molecule has 1 aromatic carbocycles. The molecule has 2 unspecified atom stereocenters. The van der Waals surface area contributed by atoms with Crippen molar-refractivity contribution < 1.29 is 19.4 Å². The summed E-state index contributed by atoms with van der Waals surface area (Å²) in [4.78, 5) is 33.5. The number of aromatic nitrogens is 1. The number of anilines is 1. The molecule has 2 aromatic rings. The van der Waals surface area contributed by atoms with Gasteiger partial charge in [-0.3, -0.25) is 4.79 Å². The van der Waals surface area contributed by atoms with E-state index in [2.05, 4.69) is 32.4 Å². The summed E-state index contributed by atoms with van der Waals surface area (Å²) in [6.45, 7) is 2.39. The molecule has 34 heavy (non-hydrogen) atoms. The highest BCUT2D eigenvalue weighted by Crippen LogP contribution is 2.29. The van der Waals surface area contributed by atoms with Crippen molar-refractivity contribution in [3.63, 3.8) is 0 Å². The number of aliphatic hydroxyl groups is 1. The summed E-state index contributed by atoms with van der Waals surface area (Å²) < 4.78 is 5.23. The number of ether oxygens (including phenoxy) is 1. The van der Waals surface area contributed by atoms with Gasteiger partial charge in [-0.2, -0.15) is 0 Å². The SMILES string of the molecule is COc1ccc2c(c1)C(=O)N(CC1(C#Cc3ccc(N4CCCCC4)nc3)NC(=O)NC1O)C2. The van der Waals surface area contributed by atoms with Crippen molar-refractivity contribution in [1.29, 1.82) is 0 Å². The summed E-state index contributed by atoms with van der Waals surface area (Å²) in [6, 6.07) is 8.65. The number of hydrogen-bond acceptors (Lipinski definition) is 6. The summed E-state index contributed by atoms with van der Waals surface area (Å²) in [7, 11) is 1.55. The molecule has 9 heteroatoms. The van der Waals surface area contributed by atoms with Crippen molar-refractivity contribution >= 4 is 17.8 Å². The van der Waals surface area contributed by atoms with Gasteiger partial charge in [0.1, 0.15) is 11.6 Å². The van der Waals surface area contributed by atoms with Gasteiger partial charge in [-0.05, 0) is 49.1 Å². The number of fused-ring (bicyclic) bond motifs is 1. The fraction of sp³-hybridized carbons (Fsp3) is 0.400. The Morgan fingerprint density at radius 3 is 2.71 bits per heavy atom. The van der Waals surface area contributed by atoms with Gasteiger partial charge in [-0.25, -0.2) is 9.78 Å². The number of hydrogen-bond donors (Lipinski definition) is 3. The van der Waals surface area contributed by atoms with Gasteiger partial charge in [0.25, 0.3) is 5.91 Å². The van der Waals surface area contributed by atoms with Crippen LogP contribution >= 0.6 is 0 Å². The smallest absolute Gasteiger partial charge is 0.318 e. The third-order valence-electron chi connectivity index (χ3n) is 6.57. The van der Waals surface area contributed by atoms with E-state index in [1.807, 2.05) is 18.2 Å². The highest BCUT2D eigenvalue weighted by atomic mass is 16.5. The number of piperidine rings is 1. The van der Waals surface area contributed by atoms with E-state index in [9.17, 15) is 14.7 Å². The standard InChI is InChI=1S/C25H27N5O4/c1-34-19-7-6-18-15-30(22(31)20(18)13-19)16-25(23(32)27-24(33)28-25)10-9-17-5-8-21(26-14-17)29-11-3-2-4-12-29/h5-8,13-14,23,32H,2-4,11-12,15-16H2,1H3,(H2,27,28,33). The second kappa shape index (κ2) is 8.88. The van der Waals surface area contributed by atoms with Crippen LogP contribution in [0.1, 0.15) is 40.7 Å². The van der Waals surface area contributed by atoms with Gasteiger partial charge >= 0.3 is 6.03 Å². The van der Waals surface area contributed by atoms with E-state index in [0.29, 0.717) is 23.4 Å². The molecule has 5 rings (SSSR count). The minimum Gasteiger partial charge on any atom is -0.497 e. The van der Waals surface area contributed by atoms with Crippen molar-refractivity contribution in [3.8, 4) is 17.6 Å². The van der Waals surface area contributed by atoms with Crippen molar-refractivity contribution in [2.24, 2.45) is 0 Å². The van der Waals surface area contributed by atoms with E-state index in [1.165, 1.54) is 19.3 Å². The topological polar surface area (TPSA) is 107 Å². The predicted octanol–water partition coefficient (Wildman–Crippen LogP) is 1.46. The van der Waals surface area contributed by atoms with Gasteiger partial charge in [-0.1, -0.05) is 17.9 Å². The van der Waals surface area contributed by atoms with E-state index >= 15 is 0 Å². The molecule has 2 fully saturated rings. The van der Waals surface area contributed by atoms with Crippen LogP contribution in [0.25, 0.3) is 0 Å². The molecular weight excluding hydrogens is 434 g/mol. The molecule has 2 saturated heterocycles. The van der Waals surface area contributed by atoms with Gasteiger partial charge < -0.3 is 30.3 Å². The molecule has 0 spiro atoms. The van der Waals surface area contributed by atoms with Gasteiger partial charge in [-0.15, -0.1) is 0 Å². The van der Waals surface area contributed by atoms with Crippen LogP contribution in [0.3, 0.4) is 0 Å². The number of urea groups is 1. The maximum absolute atomic E-state index is 13.0. The molecular formula is C25H27N5O4. The second-order valence-corrected chi connectivity index (χ2v) is 8.86. The first-order chi connectivity index (χ1) is 16.5. The fourth-order valence-corrected chi connectivity index (χ4v) is 4.67. The summed E-state index contributed by atoms with van der Waals surface area (Å²) in [6.07, 6.45) is 4.01. The lowest BCUT2D eigenvalue weighted by atomic mass is 9.98. The van der Waals surface area contributed by atoms with E-state index in [-0.39, 0.29) is 12.5 Å². The highest BCUT2D eigenvalue weighted by molar-refractivity contribution is 5.99. The number of rotatable bonds is 4. The largest absolute Gasteiger partial charge is 0.497 e. The third-order valence-corrected chi connectivity index (χ3v) is 6.57. The number of carbonyl (C=O) groups excluding carboxylic acids is 2. The van der Waals surface area contributed by atoms with Crippen LogP contribution in [-0.4, -0.2) is 65.4 Å². The monoisotopic (exact) mass is 461 g/mol. The number of amides is 3. The highest BCUT2D eigenvalue weighted by Gasteiger charge is 2.48. The second-order valence-electron chi connectivity index (χ2n) is 8.86. The molecule has 2 atom stereocenters. The van der Waals surface area contributed by atoms with E-state index in [1.54, 1.807) is 30.3 Å². The molecule has 4 heterocycles. The van der Waals surface area contributed by atoms with E-state index < -0.39 is 17.8 Å². The maximum atomic E-state index is 13.0. The predicted molar refractivity (Wildman–Crippen MR) is 125 cm³/mol. The Morgan fingerprint density at radius 2 is 2.03 bits per heavy atom. The Bertz CT molecular complexity index is 1170. The lowest BCUT2D eigenvalue weighted by Crippen LogP contribution is -2.56. The molecule has 3 aliphatic rings. The number of carbonyl (C=O) groups is 2. The first kappa shape index (κ1) is 22.0. The molecule has 0 radical (unpaired) electrons. The molecule has 3 N–H and O–H groups in total. The molecule has 9 nitrogen and oxygen atoms in total. The Kier molecular flexibility index (Phi) is 5.75. The molecule has 0 bridgehead atoms. The van der Waals surface area contributed by atoms with Crippen LogP contribution in [0.15, 0.2) is 36.5 Å². The minimum atomic E-state index is -1.36. The van der Waals surface area contributed by atoms with Crippen molar-refractivity contribution in [2.75, 3.05) is 31.6 Å². The molecule has 176 valence electrons. The normalized spacial score (nSPS) is 23.6. The third kappa shape index (κ3) is 4.13. The Labute approximate surface area is 198 Å². The summed E-state index contributed by atoms with van der Waals surface area (Å²) in [5.41, 5.74) is 0.712. The van der Waals surface area contributed by atoms with Crippen molar-refractivity contribution in [2.45, 2.75) is 37.6 Å². The molecule has 1 aromatic heterocycles. The lowest BCUT2D eigenvalue weighted by molar-refractivity contribution is 0.0611. The Morgan fingerprint density at radius 1 is 1.21 bits per heavy atom. The van der Waals surface area contributed by atoms with Crippen LogP contribution in [0.5, 0.6) is 5.75 Å². The van der Waals surface area contributed by atoms with Crippen molar-refractivity contribution in [3.05, 3.63) is 53.2 Å². The average Bonchev–Trinajstić information content (AvgIpc) is 3.32. The zero-order valence-electron chi connectivity index (χ0n) is 19.0. The van der Waals surface area contributed by atoms with Gasteiger partial charge in [0.2, 0.25) is 0 Å². The number of pyridine rings is 1.